The molecule has 9 heteroatoms. The second kappa shape index (κ2) is 59.8. The number of hydrogen-bond acceptors (Lipinski definition) is 6. The van der Waals surface area contributed by atoms with Crippen molar-refractivity contribution in [1.82, 2.24) is 5.32 Å². The van der Waals surface area contributed by atoms with Crippen molar-refractivity contribution in [3.8, 4) is 0 Å². The van der Waals surface area contributed by atoms with Crippen LogP contribution in [-0.2, 0) is 18.4 Å². The summed E-state index contributed by atoms with van der Waals surface area (Å²) in [6, 6.07) is -0.796. The summed E-state index contributed by atoms with van der Waals surface area (Å²) >= 11 is 0. The number of aliphatic hydroxyl groups excluding tert-OH is 1. The molecule has 1 amide bonds. The van der Waals surface area contributed by atoms with Crippen molar-refractivity contribution in [2.45, 2.75) is 379 Å². The van der Waals surface area contributed by atoms with Crippen LogP contribution in [0.1, 0.15) is 367 Å². The standard InChI is InChI=1S/C68H137N2O6P/c1-6-8-10-12-14-16-18-20-22-23-24-25-26-27-28-29-30-31-32-33-34-35-36-37-38-39-40-41-42-43-44-45-46-47-48-50-52-54-56-58-60-62-68(72)69-66(65-76-77(73,74)75-64-63-70(3,4)5)67(71)61-59-57-55-53-51-49-21-19-17-15-13-11-9-7-2/h23-24,66-67,71H,6-22,25-65H2,1-5H3,(H-,69,72,73,74)/b24-23-. The van der Waals surface area contributed by atoms with Gasteiger partial charge in [0.2, 0.25) is 5.91 Å². The van der Waals surface area contributed by atoms with Crippen molar-refractivity contribution >= 4 is 13.7 Å². The first-order valence-electron chi connectivity index (χ1n) is 34.5. The maximum absolute atomic E-state index is 13.0. The quantitative estimate of drug-likeness (QED) is 0.0272. The van der Waals surface area contributed by atoms with Gasteiger partial charge in [0.1, 0.15) is 13.2 Å². The molecule has 0 aliphatic heterocycles. The summed E-state index contributed by atoms with van der Waals surface area (Å²) in [6.45, 7) is 4.77. The van der Waals surface area contributed by atoms with Gasteiger partial charge >= 0.3 is 0 Å². The first kappa shape index (κ1) is 76.2. The number of unbranched alkanes of at least 4 members (excludes halogenated alkanes) is 50. The highest BCUT2D eigenvalue weighted by atomic mass is 31.2. The fourth-order valence-electron chi connectivity index (χ4n) is 10.9. The average Bonchev–Trinajstić information content (AvgIpc) is 3.39. The maximum atomic E-state index is 13.0. The summed E-state index contributed by atoms with van der Waals surface area (Å²) in [5, 5.41) is 14.0. The summed E-state index contributed by atoms with van der Waals surface area (Å²) < 4.78 is 23.4. The lowest BCUT2D eigenvalue weighted by Gasteiger charge is -2.30. The Morgan fingerprint density at radius 1 is 0.442 bits per heavy atom. The third kappa shape index (κ3) is 62.7. The normalized spacial score (nSPS) is 13.7. The van der Waals surface area contributed by atoms with Crippen LogP contribution in [-0.4, -0.2) is 68.5 Å². The number of amides is 1. The van der Waals surface area contributed by atoms with Gasteiger partial charge in [0.25, 0.3) is 7.82 Å². The number of phosphoric acid groups is 1. The van der Waals surface area contributed by atoms with E-state index >= 15 is 0 Å². The molecule has 460 valence electrons. The highest BCUT2D eigenvalue weighted by molar-refractivity contribution is 7.45. The molecule has 0 rings (SSSR count). The largest absolute Gasteiger partial charge is 0.756 e. The smallest absolute Gasteiger partial charge is 0.268 e. The van der Waals surface area contributed by atoms with Crippen LogP contribution in [0.3, 0.4) is 0 Å². The van der Waals surface area contributed by atoms with Gasteiger partial charge in [-0.3, -0.25) is 9.36 Å². The summed E-state index contributed by atoms with van der Waals surface area (Å²) in [4.78, 5) is 25.6. The molecule has 0 saturated heterocycles. The number of aliphatic hydroxyl groups is 1. The Hall–Kier alpha value is -0.760. The van der Waals surface area contributed by atoms with E-state index in [1.807, 2.05) is 21.1 Å². The Bertz CT molecular complexity index is 1260. The third-order valence-corrected chi connectivity index (χ3v) is 17.2. The number of likely N-dealkylation sites (N-methyl/N-ethyl adjacent to an activating group) is 1. The first-order chi connectivity index (χ1) is 37.5. The molecule has 0 fully saturated rings. The number of nitrogens with one attached hydrogen (secondary N) is 1. The van der Waals surface area contributed by atoms with Gasteiger partial charge in [-0.25, -0.2) is 0 Å². The zero-order valence-electron chi connectivity index (χ0n) is 52.7. The highest BCUT2D eigenvalue weighted by Crippen LogP contribution is 2.38. The Kier molecular flexibility index (Phi) is 59.3. The second-order valence-corrected chi connectivity index (χ2v) is 26.7. The van der Waals surface area contributed by atoms with E-state index in [9.17, 15) is 19.4 Å². The molecule has 2 N–H and O–H groups in total. The summed E-state index contributed by atoms with van der Waals surface area (Å²) in [5.74, 6) is -0.156. The minimum atomic E-state index is -4.57. The van der Waals surface area contributed by atoms with Crippen LogP contribution >= 0.6 is 7.82 Å². The number of nitrogens with zero attached hydrogens (tertiary/aromatic N) is 1. The third-order valence-electron chi connectivity index (χ3n) is 16.3. The van der Waals surface area contributed by atoms with Crippen LogP contribution in [0.4, 0.5) is 0 Å². The van der Waals surface area contributed by atoms with Crippen molar-refractivity contribution < 1.29 is 32.9 Å². The van der Waals surface area contributed by atoms with Gasteiger partial charge in [-0.15, -0.1) is 0 Å². The Balaban J connectivity index is 3.79. The van der Waals surface area contributed by atoms with Crippen molar-refractivity contribution in [1.29, 1.82) is 0 Å². The van der Waals surface area contributed by atoms with E-state index in [4.69, 9.17) is 9.05 Å². The molecule has 3 unspecified atom stereocenters. The van der Waals surface area contributed by atoms with Crippen molar-refractivity contribution in [2.75, 3.05) is 40.9 Å². The van der Waals surface area contributed by atoms with E-state index < -0.39 is 20.0 Å². The molecule has 77 heavy (non-hydrogen) atoms. The summed E-state index contributed by atoms with van der Waals surface area (Å²) in [5.41, 5.74) is 0. The van der Waals surface area contributed by atoms with Crippen LogP contribution in [0.15, 0.2) is 12.2 Å². The highest BCUT2D eigenvalue weighted by Gasteiger charge is 2.24. The fraction of sp³-hybridized carbons (Fsp3) is 0.956. The van der Waals surface area contributed by atoms with E-state index in [1.54, 1.807) is 0 Å². The van der Waals surface area contributed by atoms with Gasteiger partial charge in [0, 0.05) is 6.42 Å². The Morgan fingerprint density at radius 3 is 1.01 bits per heavy atom. The molecule has 0 spiro atoms. The molecule has 0 aromatic heterocycles. The van der Waals surface area contributed by atoms with Crippen LogP contribution < -0.4 is 10.2 Å². The first-order valence-corrected chi connectivity index (χ1v) is 36.0. The topological polar surface area (TPSA) is 108 Å². The van der Waals surface area contributed by atoms with E-state index in [0.717, 1.165) is 38.5 Å². The molecule has 0 aromatic rings. The van der Waals surface area contributed by atoms with E-state index in [-0.39, 0.29) is 19.1 Å². The van der Waals surface area contributed by atoms with Crippen molar-refractivity contribution in [3.63, 3.8) is 0 Å². The fourth-order valence-corrected chi connectivity index (χ4v) is 11.6. The lowest BCUT2D eigenvalue weighted by atomic mass is 10.0. The van der Waals surface area contributed by atoms with Crippen LogP contribution in [0.2, 0.25) is 0 Å². The van der Waals surface area contributed by atoms with Crippen LogP contribution in [0.25, 0.3) is 0 Å². The second-order valence-electron chi connectivity index (χ2n) is 25.2. The van der Waals surface area contributed by atoms with Gasteiger partial charge in [0.15, 0.2) is 0 Å². The molecule has 0 aliphatic carbocycles. The summed E-state index contributed by atoms with van der Waals surface area (Å²) in [6.07, 6.45) is 76.0. The van der Waals surface area contributed by atoms with Crippen LogP contribution in [0.5, 0.6) is 0 Å². The number of carbonyl (C=O) groups is 1. The molecule has 0 bridgehead atoms. The van der Waals surface area contributed by atoms with Crippen LogP contribution in [0, 0.1) is 0 Å². The van der Waals surface area contributed by atoms with Gasteiger partial charge in [-0.2, -0.15) is 0 Å². The number of quaternary nitrogens is 1. The van der Waals surface area contributed by atoms with E-state index in [1.165, 1.54) is 302 Å². The Labute approximate surface area is 482 Å². The van der Waals surface area contributed by atoms with Crippen molar-refractivity contribution in [2.24, 2.45) is 0 Å². The predicted molar refractivity (Wildman–Crippen MR) is 335 cm³/mol. The zero-order chi connectivity index (χ0) is 56.3. The monoisotopic (exact) mass is 1110 g/mol. The molecule has 0 heterocycles. The van der Waals surface area contributed by atoms with Gasteiger partial charge < -0.3 is 28.8 Å². The minimum absolute atomic E-state index is 0.0160. The van der Waals surface area contributed by atoms with Crippen molar-refractivity contribution in [3.05, 3.63) is 12.2 Å². The molecule has 0 aromatic carbocycles. The lowest BCUT2D eigenvalue weighted by Crippen LogP contribution is -2.46. The zero-order valence-corrected chi connectivity index (χ0v) is 53.6. The molecule has 0 aliphatic rings. The number of hydrogen-bond donors (Lipinski definition) is 2. The van der Waals surface area contributed by atoms with E-state index in [2.05, 4.69) is 31.3 Å². The lowest BCUT2D eigenvalue weighted by molar-refractivity contribution is -0.870. The molecule has 8 nitrogen and oxygen atoms in total. The number of allylic oxidation sites excluding steroid dienone is 2. The minimum Gasteiger partial charge on any atom is -0.756 e. The predicted octanol–water partition coefficient (Wildman–Crippen LogP) is 21.1. The Morgan fingerprint density at radius 2 is 0.714 bits per heavy atom. The van der Waals surface area contributed by atoms with Gasteiger partial charge in [-0.1, -0.05) is 334 Å². The molecule has 0 saturated carbocycles. The number of phosphoric ester groups is 1. The van der Waals surface area contributed by atoms with Gasteiger partial charge in [0.05, 0.1) is 39.9 Å². The number of rotatable bonds is 65. The molecular weight excluding hydrogens is 972 g/mol. The number of carbonyl (C=O) groups excluding carboxylic acids is 1. The van der Waals surface area contributed by atoms with E-state index in [0.29, 0.717) is 23.9 Å². The summed E-state index contributed by atoms with van der Waals surface area (Å²) in [7, 11) is 1.32. The SMILES string of the molecule is CCCCCCCCCC/C=C\CCCCCCCCCCCCCCCCCCCCCCCCCCCCCCCC(=O)NC(COP(=O)([O-])OCC[N+](C)(C)C)C(O)CCCCCCCCCCCCCCCC. The average molecular weight is 1110 g/mol. The molecule has 3 atom stereocenters. The maximum Gasteiger partial charge on any atom is 0.268 e. The molecular formula is C68H137N2O6P. The van der Waals surface area contributed by atoms with Gasteiger partial charge in [-0.05, 0) is 38.5 Å². The molecule has 0 radical (unpaired) electrons.